The van der Waals surface area contributed by atoms with Crippen LogP contribution in [0.5, 0.6) is 17.5 Å². The van der Waals surface area contributed by atoms with Gasteiger partial charge >= 0.3 is 6.01 Å². The molecule has 0 bridgehead atoms. The number of anilines is 1. The Morgan fingerprint density at radius 2 is 2.00 bits per heavy atom. The van der Waals surface area contributed by atoms with Crippen molar-refractivity contribution in [3.8, 4) is 34.6 Å². The number of ether oxygens (including phenoxy) is 3. The van der Waals surface area contributed by atoms with Crippen LogP contribution in [0.2, 0.25) is 0 Å². The van der Waals surface area contributed by atoms with Crippen LogP contribution in [0.3, 0.4) is 0 Å². The minimum atomic E-state index is -0.983. The van der Waals surface area contributed by atoms with Crippen molar-refractivity contribution in [3.63, 3.8) is 0 Å². The maximum absolute atomic E-state index is 10.1. The molecule has 2 aromatic carbocycles. The molecule has 1 aliphatic rings. The topological polar surface area (TPSA) is 90.7 Å². The highest BCUT2D eigenvalue weighted by Gasteiger charge is 2.19. The van der Waals surface area contributed by atoms with Gasteiger partial charge in [0.15, 0.2) is 17.3 Å². The highest BCUT2D eigenvalue weighted by Crippen LogP contribution is 2.36. The fourth-order valence-corrected chi connectivity index (χ4v) is 2.96. The number of aromatic nitrogens is 3. The summed E-state index contributed by atoms with van der Waals surface area (Å²) in [4.78, 5) is 4.55. The molecular weight excluding hydrogens is 384 g/mol. The zero-order valence-corrected chi connectivity index (χ0v) is 17.0. The smallest absolute Gasteiger partial charge is 0.336 e. The van der Waals surface area contributed by atoms with Crippen LogP contribution < -0.4 is 19.5 Å². The maximum Gasteiger partial charge on any atom is 0.336 e. The van der Waals surface area contributed by atoms with Crippen LogP contribution in [-0.4, -0.2) is 45.4 Å². The first-order valence-corrected chi connectivity index (χ1v) is 9.69. The number of nitrogens with one attached hydrogen (secondary N) is 1. The molecule has 0 amide bonds. The second-order valence-electron chi connectivity index (χ2n) is 7.09. The minimum Gasteiger partial charge on any atom is -0.463 e. The van der Waals surface area contributed by atoms with Gasteiger partial charge in [-0.25, -0.2) is 4.68 Å². The van der Waals surface area contributed by atoms with E-state index in [9.17, 15) is 5.11 Å². The lowest BCUT2D eigenvalue weighted by molar-refractivity contribution is 0.126. The van der Waals surface area contributed by atoms with Gasteiger partial charge in [-0.2, -0.15) is 4.98 Å². The Hall–Kier alpha value is -3.52. The van der Waals surface area contributed by atoms with E-state index in [2.05, 4.69) is 22.0 Å². The Balaban J connectivity index is 1.64. The van der Waals surface area contributed by atoms with Gasteiger partial charge in [0.25, 0.3) is 0 Å². The average Bonchev–Trinajstić information content (AvgIpc) is 3.39. The molecule has 1 unspecified atom stereocenters. The zero-order chi connectivity index (χ0) is 21.1. The first-order chi connectivity index (χ1) is 14.5. The normalized spacial score (nSPS) is 14.2. The minimum absolute atomic E-state index is 0.211. The summed E-state index contributed by atoms with van der Waals surface area (Å²) in [6.07, 6.45) is 1.51. The summed E-state index contributed by atoms with van der Waals surface area (Å²) in [6, 6.07) is 13.6. The molecular formula is C22H24N4O4. The van der Waals surface area contributed by atoms with Crippen LogP contribution in [0.25, 0.3) is 17.1 Å². The van der Waals surface area contributed by atoms with Crippen molar-refractivity contribution >= 4 is 5.69 Å². The third-order valence-electron chi connectivity index (χ3n) is 4.69. The lowest BCUT2D eigenvalue weighted by Gasteiger charge is -2.19. The van der Waals surface area contributed by atoms with Crippen molar-refractivity contribution in [2.75, 3.05) is 25.3 Å². The molecule has 1 aliphatic heterocycles. The summed E-state index contributed by atoms with van der Waals surface area (Å²) in [6.45, 7) is 8.26. The summed E-state index contributed by atoms with van der Waals surface area (Å²) in [5.74, 6) is 2.02. The molecule has 1 aromatic heterocycles. The summed E-state index contributed by atoms with van der Waals surface area (Å²) < 4.78 is 18.1. The predicted molar refractivity (Wildman–Crippen MR) is 113 cm³/mol. The second-order valence-corrected chi connectivity index (χ2v) is 7.09. The van der Waals surface area contributed by atoms with Gasteiger partial charge in [-0.3, -0.25) is 0 Å². The van der Waals surface area contributed by atoms with E-state index in [4.69, 9.17) is 14.2 Å². The first kappa shape index (κ1) is 19.8. The number of hydrogen-bond donors (Lipinski definition) is 2. The molecule has 4 rings (SSSR count). The molecule has 8 heteroatoms. The molecule has 0 saturated carbocycles. The van der Waals surface area contributed by atoms with Crippen molar-refractivity contribution < 1.29 is 19.3 Å². The van der Waals surface area contributed by atoms with E-state index in [1.54, 1.807) is 11.6 Å². The summed E-state index contributed by atoms with van der Waals surface area (Å²) in [5, 5.41) is 17.8. The fourth-order valence-electron chi connectivity index (χ4n) is 2.96. The Morgan fingerprint density at radius 3 is 2.73 bits per heavy atom. The molecule has 1 atom stereocenters. The first-order valence-electron chi connectivity index (χ1n) is 9.69. The Morgan fingerprint density at radius 1 is 1.23 bits per heavy atom. The number of hydrogen-bond acceptors (Lipinski definition) is 7. The average molecular weight is 408 g/mol. The number of benzene rings is 2. The van der Waals surface area contributed by atoms with E-state index >= 15 is 0 Å². The molecule has 0 radical (unpaired) electrons. The van der Waals surface area contributed by atoms with Crippen molar-refractivity contribution in [2.45, 2.75) is 19.4 Å². The molecule has 0 saturated heterocycles. The third kappa shape index (κ3) is 4.08. The van der Waals surface area contributed by atoms with E-state index < -0.39 is 5.60 Å². The van der Waals surface area contributed by atoms with E-state index in [0.717, 1.165) is 16.9 Å². The number of aliphatic hydroxyl groups is 1. The number of fused-ring (bicyclic) bond motifs is 1. The van der Waals surface area contributed by atoms with E-state index in [1.165, 1.54) is 6.08 Å². The van der Waals surface area contributed by atoms with Crippen LogP contribution in [0.4, 0.5) is 5.69 Å². The molecule has 0 fully saturated rings. The largest absolute Gasteiger partial charge is 0.463 e. The van der Waals surface area contributed by atoms with Gasteiger partial charge in [-0.1, -0.05) is 6.08 Å². The van der Waals surface area contributed by atoms with Crippen molar-refractivity contribution in [1.29, 1.82) is 0 Å². The van der Waals surface area contributed by atoms with Crippen molar-refractivity contribution in [1.82, 2.24) is 14.8 Å². The van der Waals surface area contributed by atoms with E-state index in [0.29, 0.717) is 36.5 Å². The molecule has 8 nitrogen and oxygen atoms in total. The third-order valence-corrected chi connectivity index (χ3v) is 4.69. The van der Waals surface area contributed by atoms with E-state index in [-0.39, 0.29) is 6.79 Å². The molecule has 2 heterocycles. The highest BCUT2D eigenvalue weighted by molar-refractivity contribution is 5.64. The van der Waals surface area contributed by atoms with Gasteiger partial charge < -0.3 is 24.6 Å². The van der Waals surface area contributed by atoms with Crippen LogP contribution in [-0.2, 0) is 0 Å². The standard InChI is InChI=1S/C22H24N4O4/c1-4-22(3,27)13-23-16-7-9-17(10-8-16)26-20(24-21(25-26)28-5-2)15-6-11-18-19(12-15)30-14-29-18/h4,6-12,23,27H,1,5,13-14H2,2-3H3. The molecule has 2 N–H and O–H groups in total. The Bertz CT molecular complexity index is 1040. The summed E-state index contributed by atoms with van der Waals surface area (Å²) in [5.41, 5.74) is 1.54. The van der Waals surface area contributed by atoms with Gasteiger partial charge in [-0.05, 0) is 56.3 Å². The SMILES string of the molecule is C=CC(C)(O)CNc1ccc(-n2nc(OCC)nc2-c2ccc3c(c2)OCO3)cc1. The highest BCUT2D eigenvalue weighted by atomic mass is 16.7. The fraction of sp³-hybridized carbons (Fsp3) is 0.273. The molecule has 3 aromatic rings. The zero-order valence-electron chi connectivity index (χ0n) is 17.0. The van der Waals surface area contributed by atoms with E-state index in [1.807, 2.05) is 49.4 Å². The number of nitrogens with zero attached hydrogens (tertiary/aromatic N) is 3. The van der Waals surface area contributed by atoms with Crippen molar-refractivity contribution in [2.24, 2.45) is 0 Å². The maximum atomic E-state index is 10.1. The second kappa shape index (κ2) is 8.08. The summed E-state index contributed by atoms with van der Waals surface area (Å²) >= 11 is 0. The van der Waals surface area contributed by atoms with Gasteiger partial charge in [-0.15, -0.1) is 11.7 Å². The molecule has 30 heavy (non-hydrogen) atoms. The Kier molecular flexibility index (Phi) is 5.33. The Labute approximate surface area is 174 Å². The lowest BCUT2D eigenvalue weighted by Crippen LogP contribution is -2.30. The predicted octanol–water partition coefficient (Wildman–Crippen LogP) is 3.41. The number of rotatable bonds is 8. The van der Waals surface area contributed by atoms with Crippen molar-refractivity contribution in [3.05, 3.63) is 55.1 Å². The van der Waals surface area contributed by atoms with Crippen LogP contribution >= 0.6 is 0 Å². The van der Waals surface area contributed by atoms with Gasteiger partial charge in [0.05, 0.1) is 17.9 Å². The quantitative estimate of drug-likeness (QED) is 0.552. The lowest BCUT2D eigenvalue weighted by atomic mass is 10.1. The van der Waals surface area contributed by atoms with Gasteiger partial charge in [0, 0.05) is 17.8 Å². The van der Waals surface area contributed by atoms with Crippen LogP contribution in [0.15, 0.2) is 55.1 Å². The van der Waals surface area contributed by atoms with Gasteiger partial charge in [0.1, 0.15) is 0 Å². The summed E-state index contributed by atoms with van der Waals surface area (Å²) in [7, 11) is 0. The molecule has 156 valence electrons. The van der Waals surface area contributed by atoms with Crippen LogP contribution in [0.1, 0.15) is 13.8 Å². The monoisotopic (exact) mass is 408 g/mol. The molecule has 0 spiro atoms. The van der Waals surface area contributed by atoms with Gasteiger partial charge in [0.2, 0.25) is 6.79 Å². The molecule has 0 aliphatic carbocycles. The van der Waals surface area contributed by atoms with Crippen LogP contribution in [0, 0.1) is 0 Å².